The van der Waals surface area contributed by atoms with Gasteiger partial charge in [0.1, 0.15) is 18.2 Å². The van der Waals surface area contributed by atoms with Gasteiger partial charge in [-0.2, -0.15) is 0 Å². The molecule has 2 heterocycles. The molecular weight excluding hydrogens is 332 g/mol. The van der Waals surface area contributed by atoms with Crippen LogP contribution in [0.2, 0.25) is 0 Å². The average molecular weight is 345 g/mol. The third-order valence-corrected chi connectivity index (χ3v) is 4.70. The van der Waals surface area contributed by atoms with E-state index in [1.165, 1.54) is 24.3 Å². The Bertz CT molecular complexity index is 1150. The van der Waals surface area contributed by atoms with Gasteiger partial charge in [-0.05, 0) is 53.6 Å². The number of aromatic nitrogens is 1. The Labute approximate surface area is 148 Å². The van der Waals surface area contributed by atoms with Gasteiger partial charge in [0.2, 0.25) is 5.88 Å². The molecule has 3 aromatic carbocycles. The molecule has 0 aliphatic carbocycles. The standard InChI is InChI=1S/C22H13F2NO/c23-15-7-5-13(6-8-15)21-18-10-9-16(24)11-19(18)20-17-4-2-1-3-14(17)12-26-22(20)25-21/h1-11H,12H2. The monoisotopic (exact) mass is 345 g/mol. The minimum Gasteiger partial charge on any atom is -0.472 e. The van der Waals surface area contributed by atoms with E-state index in [2.05, 4.69) is 0 Å². The summed E-state index contributed by atoms with van der Waals surface area (Å²) < 4.78 is 33.2. The number of benzene rings is 3. The summed E-state index contributed by atoms with van der Waals surface area (Å²) in [6, 6.07) is 18.7. The molecule has 0 atom stereocenters. The van der Waals surface area contributed by atoms with Crippen molar-refractivity contribution in [3.63, 3.8) is 0 Å². The molecule has 0 unspecified atom stereocenters. The topological polar surface area (TPSA) is 22.1 Å². The van der Waals surface area contributed by atoms with Crippen molar-refractivity contribution in [3.05, 3.63) is 83.9 Å². The van der Waals surface area contributed by atoms with E-state index in [0.29, 0.717) is 18.2 Å². The van der Waals surface area contributed by atoms with Crippen LogP contribution in [0.25, 0.3) is 33.2 Å². The van der Waals surface area contributed by atoms with Gasteiger partial charge in [0, 0.05) is 16.3 Å². The Morgan fingerprint density at radius 1 is 0.808 bits per heavy atom. The number of fused-ring (bicyclic) bond motifs is 5. The van der Waals surface area contributed by atoms with Gasteiger partial charge in [-0.1, -0.05) is 24.3 Å². The van der Waals surface area contributed by atoms with E-state index in [4.69, 9.17) is 9.72 Å². The second kappa shape index (κ2) is 5.63. The number of ether oxygens (including phenoxy) is 1. The normalized spacial score (nSPS) is 12.4. The van der Waals surface area contributed by atoms with Gasteiger partial charge < -0.3 is 4.74 Å². The zero-order valence-corrected chi connectivity index (χ0v) is 13.7. The minimum atomic E-state index is -0.320. The van der Waals surface area contributed by atoms with Crippen molar-refractivity contribution >= 4 is 10.8 Å². The number of nitrogens with zero attached hydrogens (tertiary/aromatic N) is 1. The molecule has 0 bridgehead atoms. The highest BCUT2D eigenvalue weighted by Crippen LogP contribution is 2.44. The molecule has 0 spiro atoms. The van der Waals surface area contributed by atoms with Crippen LogP contribution in [0.4, 0.5) is 8.78 Å². The maximum absolute atomic E-state index is 14.1. The van der Waals surface area contributed by atoms with Crippen LogP contribution < -0.4 is 4.74 Å². The summed E-state index contributed by atoms with van der Waals surface area (Å²) in [5.41, 5.74) is 4.25. The quantitative estimate of drug-likeness (QED) is 0.439. The predicted molar refractivity (Wildman–Crippen MR) is 96.9 cm³/mol. The van der Waals surface area contributed by atoms with Crippen molar-refractivity contribution in [1.29, 1.82) is 0 Å². The molecule has 0 saturated carbocycles. The van der Waals surface area contributed by atoms with Crippen LogP contribution in [-0.2, 0) is 6.61 Å². The number of halogens is 2. The molecule has 26 heavy (non-hydrogen) atoms. The Morgan fingerprint density at radius 3 is 2.42 bits per heavy atom. The lowest BCUT2D eigenvalue weighted by Crippen LogP contribution is -2.08. The van der Waals surface area contributed by atoms with Crippen LogP contribution >= 0.6 is 0 Å². The Balaban J connectivity index is 1.88. The molecule has 0 radical (unpaired) electrons. The zero-order chi connectivity index (χ0) is 17.7. The third-order valence-electron chi connectivity index (χ3n) is 4.70. The maximum atomic E-state index is 14.1. The fourth-order valence-corrected chi connectivity index (χ4v) is 3.49. The number of hydrogen-bond donors (Lipinski definition) is 0. The van der Waals surface area contributed by atoms with Gasteiger partial charge in [0.15, 0.2) is 0 Å². The highest BCUT2D eigenvalue weighted by molar-refractivity contribution is 6.06. The van der Waals surface area contributed by atoms with E-state index in [-0.39, 0.29) is 11.6 Å². The van der Waals surface area contributed by atoms with Gasteiger partial charge in [-0.3, -0.25) is 0 Å². The van der Waals surface area contributed by atoms with Crippen LogP contribution in [0.5, 0.6) is 5.88 Å². The zero-order valence-electron chi connectivity index (χ0n) is 13.7. The first kappa shape index (κ1) is 15.0. The van der Waals surface area contributed by atoms with Crippen molar-refractivity contribution in [1.82, 2.24) is 4.98 Å². The van der Waals surface area contributed by atoms with Crippen LogP contribution in [0.15, 0.2) is 66.7 Å². The van der Waals surface area contributed by atoms with Gasteiger partial charge in [-0.15, -0.1) is 0 Å². The van der Waals surface area contributed by atoms with Gasteiger partial charge in [-0.25, -0.2) is 13.8 Å². The van der Waals surface area contributed by atoms with Gasteiger partial charge in [0.05, 0.1) is 11.3 Å². The minimum absolute atomic E-state index is 0.313. The Hall–Kier alpha value is -3.27. The predicted octanol–water partition coefficient (Wildman–Crippen LogP) is 5.74. The van der Waals surface area contributed by atoms with Crippen LogP contribution in [0.1, 0.15) is 5.56 Å². The van der Waals surface area contributed by atoms with Crippen molar-refractivity contribution in [2.45, 2.75) is 6.61 Å². The van der Waals surface area contributed by atoms with E-state index in [1.54, 1.807) is 18.2 Å². The molecule has 0 N–H and O–H groups in total. The lowest BCUT2D eigenvalue weighted by atomic mass is 9.92. The molecule has 2 nitrogen and oxygen atoms in total. The van der Waals surface area contributed by atoms with E-state index >= 15 is 0 Å². The SMILES string of the molecule is Fc1ccc(-c2nc3c(c4cc(F)ccc24)-c2ccccc2CO3)cc1. The second-order valence-corrected chi connectivity index (χ2v) is 6.28. The molecule has 0 saturated heterocycles. The molecule has 0 fully saturated rings. The summed E-state index contributed by atoms with van der Waals surface area (Å²) in [5.74, 6) is -0.160. The lowest BCUT2D eigenvalue weighted by molar-refractivity contribution is 0.291. The summed E-state index contributed by atoms with van der Waals surface area (Å²) >= 11 is 0. The number of hydrogen-bond acceptors (Lipinski definition) is 2. The van der Waals surface area contributed by atoms with E-state index in [0.717, 1.165) is 33.0 Å². The summed E-state index contributed by atoms with van der Waals surface area (Å²) in [6.07, 6.45) is 0. The summed E-state index contributed by atoms with van der Waals surface area (Å²) in [7, 11) is 0. The lowest BCUT2D eigenvalue weighted by Gasteiger charge is -2.23. The van der Waals surface area contributed by atoms with Crippen LogP contribution in [0, 0.1) is 11.6 Å². The van der Waals surface area contributed by atoms with E-state index < -0.39 is 0 Å². The molecule has 1 aromatic heterocycles. The molecule has 1 aliphatic heterocycles. The van der Waals surface area contributed by atoms with Crippen LogP contribution in [0.3, 0.4) is 0 Å². The van der Waals surface area contributed by atoms with Crippen molar-refractivity contribution < 1.29 is 13.5 Å². The van der Waals surface area contributed by atoms with E-state index in [1.807, 2.05) is 24.3 Å². The van der Waals surface area contributed by atoms with Crippen molar-refractivity contribution in [2.75, 3.05) is 0 Å². The largest absolute Gasteiger partial charge is 0.472 e. The second-order valence-electron chi connectivity index (χ2n) is 6.28. The molecule has 1 aliphatic rings. The fourth-order valence-electron chi connectivity index (χ4n) is 3.49. The summed E-state index contributed by atoms with van der Waals surface area (Å²) in [5, 5.41) is 1.54. The Morgan fingerprint density at radius 2 is 1.58 bits per heavy atom. The molecule has 4 aromatic rings. The maximum Gasteiger partial charge on any atom is 0.222 e. The highest BCUT2D eigenvalue weighted by atomic mass is 19.1. The van der Waals surface area contributed by atoms with Crippen molar-refractivity contribution in [2.24, 2.45) is 0 Å². The third kappa shape index (κ3) is 2.26. The summed E-state index contributed by atoms with van der Waals surface area (Å²) in [4.78, 5) is 4.70. The van der Waals surface area contributed by atoms with Gasteiger partial charge in [0.25, 0.3) is 0 Å². The molecular formula is C22H13F2NO. The molecule has 126 valence electrons. The molecule has 5 rings (SSSR count). The van der Waals surface area contributed by atoms with Gasteiger partial charge >= 0.3 is 0 Å². The average Bonchev–Trinajstić information content (AvgIpc) is 2.67. The van der Waals surface area contributed by atoms with Crippen molar-refractivity contribution in [3.8, 4) is 28.3 Å². The first-order valence-electron chi connectivity index (χ1n) is 8.31. The molecule has 0 amide bonds. The highest BCUT2D eigenvalue weighted by Gasteiger charge is 2.23. The fraction of sp³-hybridized carbons (Fsp3) is 0.0455. The van der Waals surface area contributed by atoms with Crippen LogP contribution in [-0.4, -0.2) is 4.98 Å². The van der Waals surface area contributed by atoms with E-state index in [9.17, 15) is 8.78 Å². The first-order chi connectivity index (χ1) is 12.7. The smallest absolute Gasteiger partial charge is 0.222 e. The number of rotatable bonds is 1. The summed E-state index contributed by atoms with van der Waals surface area (Å²) in [6.45, 7) is 0.417. The number of pyridine rings is 1. The Kier molecular flexibility index (Phi) is 3.25. The first-order valence-corrected chi connectivity index (χ1v) is 8.31. The molecule has 4 heteroatoms.